The molecule has 30 heavy (non-hydrogen) atoms. The van der Waals surface area contributed by atoms with Gasteiger partial charge < -0.3 is 5.32 Å². The zero-order valence-electron chi connectivity index (χ0n) is 16.1. The first-order valence-electron chi connectivity index (χ1n) is 9.86. The number of nitrogens with one attached hydrogen (secondary N) is 1. The van der Waals surface area contributed by atoms with Crippen molar-refractivity contribution in [3.63, 3.8) is 0 Å². The third-order valence-electron chi connectivity index (χ3n) is 5.61. The number of aromatic nitrogens is 1. The van der Waals surface area contributed by atoms with Gasteiger partial charge in [-0.3, -0.25) is 19.3 Å². The number of hydrogen-bond donors (Lipinski definition) is 1. The molecule has 2 aromatic carbocycles. The van der Waals surface area contributed by atoms with Gasteiger partial charge in [-0.25, -0.2) is 4.98 Å². The summed E-state index contributed by atoms with van der Waals surface area (Å²) >= 11 is 1.62. The maximum atomic E-state index is 12.5. The topological polar surface area (TPSA) is 79.4 Å². The van der Waals surface area contributed by atoms with Crippen LogP contribution in [0.15, 0.2) is 60.7 Å². The van der Waals surface area contributed by atoms with Gasteiger partial charge in [0.2, 0.25) is 17.7 Å². The summed E-state index contributed by atoms with van der Waals surface area (Å²) in [7, 11) is 0. The van der Waals surface area contributed by atoms with Crippen molar-refractivity contribution in [2.24, 2.45) is 11.8 Å². The second-order valence-electron chi connectivity index (χ2n) is 7.53. The van der Waals surface area contributed by atoms with Gasteiger partial charge in [0.1, 0.15) is 11.6 Å². The van der Waals surface area contributed by atoms with Crippen molar-refractivity contribution in [2.45, 2.75) is 12.8 Å². The highest BCUT2D eigenvalue weighted by molar-refractivity contribution is 7.21. The quantitative estimate of drug-likeness (QED) is 0.517. The van der Waals surface area contributed by atoms with Crippen molar-refractivity contribution in [1.29, 1.82) is 0 Å². The molecule has 1 aliphatic heterocycles. The fourth-order valence-corrected chi connectivity index (χ4v) is 5.03. The smallest absolute Gasteiger partial charge is 0.244 e. The van der Waals surface area contributed by atoms with Crippen molar-refractivity contribution in [1.82, 2.24) is 9.88 Å². The van der Waals surface area contributed by atoms with Crippen molar-refractivity contribution in [2.75, 3.05) is 11.9 Å². The van der Waals surface area contributed by atoms with Crippen LogP contribution in [0.2, 0.25) is 0 Å². The molecule has 1 fully saturated rings. The van der Waals surface area contributed by atoms with Crippen LogP contribution in [0.25, 0.3) is 20.8 Å². The summed E-state index contributed by atoms with van der Waals surface area (Å²) in [5, 5.41) is 3.69. The number of likely N-dealkylation sites (tertiary alicyclic amines) is 1. The number of amides is 3. The molecule has 0 spiro atoms. The molecule has 0 saturated carbocycles. The first kappa shape index (κ1) is 18.7. The minimum Gasteiger partial charge on any atom is -0.325 e. The Kier molecular flexibility index (Phi) is 4.67. The summed E-state index contributed by atoms with van der Waals surface area (Å²) in [5.41, 5.74) is 2.55. The average Bonchev–Trinajstić information content (AvgIpc) is 3.30. The maximum Gasteiger partial charge on any atom is 0.244 e. The molecule has 3 amide bonds. The molecule has 0 radical (unpaired) electrons. The molecule has 2 atom stereocenters. The predicted molar refractivity (Wildman–Crippen MR) is 116 cm³/mol. The van der Waals surface area contributed by atoms with E-state index in [9.17, 15) is 14.4 Å². The number of para-hydroxylation sites is 1. The van der Waals surface area contributed by atoms with E-state index in [0.29, 0.717) is 18.5 Å². The average molecular weight is 417 g/mol. The molecular weight excluding hydrogens is 398 g/mol. The molecule has 0 bridgehead atoms. The van der Waals surface area contributed by atoms with Gasteiger partial charge in [0.25, 0.3) is 0 Å². The number of hydrogen-bond acceptors (Lipinski definition) is 5. The molecule has 6 nitrogen and oxygen atoms in total. The molecule has 1 aromatic heterocycles. The van der Waals surface area contributed by atoms with E-state index in [1.54, 1.807) is 23.5 Å². The van der Waals surface area contributed by atoms with Gasteiger partial charge in [0.15, 0.2) is 0 Å². The zero-order chi connectivity index (χ0) is 20.7. The van der Waals surface area contributed by atoms with E-state index in [1.165, 1.54) is 0 Å². The standard InChI is InChI=1S/C23H19N3O3S/c27-20(13-26-22(28)16-5-1-2-6-17(16)23(26)29)24-15-11-9-14(10-12-15)21-25-18-7-3-4-8-19(18)30-21/h1-4,7-12,16-17H,5-6,13H2,(H,24,27). The van der Waals surface area contributed by atoms with Gasteiger partial charge in [-0.2, -0.15) is 0 Å². The van der Waals surface area contributed by atoms with Crippen LogP contribution in [0.3, 0.4) is 0 Å². The third kappa shape index (κ3) is 3.31. The van der Waals surface area contributed by atoms with E-state index in [1.807, 2.05) is 48.6 Å². The van der Waals surface area contributed by atoms with Gasteiger partial charge in [-0.15, -0.1) is 11.3 Å². The number of anilines is 1. The van der Waals surface area contributed by atoms with Crippen LogP contribution in [0.5, 0.6) is 0 Å². The number of allylic oxidation sites excluding steroid dienone is 2. The summed E-state index contributed by atoms with van der Waals surface area (Å²) in [6, 6.07) is 15.4. The Morgan fingerprint density at radius 1 is 1.00 bits per heavy atom. The summed E-state index contributed by atoms with van der Waals surface area (Å²) in [4.78, 5) is 43.2. The van der Waals surface area contributed by atoms with Crippen LogP contribution in [0.4, 0.5) is 5.69 Å². The number of rotatable bonds is 4. The molecule has 1 aliphatic carbocycles. The van der Waals surface area contributed by atoms with Crippen LogP contribution in [0, 0.1) is 11.8 Å². The predicted octanol–water partition coefficient (Wildman–Crippen LogP) is 3.85. The number of nitrogens with zero attached hydrogens (tertiary/aromatic N) is 2. The van der Waals surface area contributed by atoms with Crippen LogP contribution >= 0.6 is 11.3 Å². The Bertz CT molecular complexity index is 1120. The molecule has 7 heteroatoms. The van der Waals surface area contributed by atoms with E-state index in [-0.39, 0.29) is 36.1 Å². The summed E-state index contributed by atoms with van der Waals surface area (Å²) in [6.07, 6.45) is 5.01. The lowest BCUT2D eigenvalue weighted by Gasteiger charge is -2.14. The van der Waals surface area contributed by atoms with Gasteiger partial charge >= 0.3 is 0 Å². The Morgan fingerprint density at radius 2 is 1.67 bits per heavy atom. The van der Waals surface area contributed by atoms with Gasteiger partial charge in [0, 0.05) is 11.3 Å². The largest absolute Gasteiger partial charge is 0.325 e. The summed E-state index contributed by atoms with van der Waals surface area (Å²) in [5.74, 6) is -1.49. The SMILES string of the molecule is O=C(CN1C(=O)C2CC=CCC2C1=O)Nc1ccc(-c2nc3ccccc3s2)cc1. The molecule has 2 heterocycles. The first-order valence-corrected chi connectivity index (χ1v) is 10.7. The van der Waals surface area contributed by atoms with Gasteiger partial charge in [-0.05, 0) is 49.2 Å². The fourth-order valence-electron chi connectivity index (χ4n) is 4.06. The molecule has 2 unspecified atom stereocenters. The van der Waals surface area contributed by atoms with Crippen LogP contribution in [-0.4, -0.2) is 34.2 Å². The first-order chi connectivity index (χ1) is 14.6. The molecule has 1 N–H and O–H groups in total. The molecule has 1 saturated heterocycles. The minimum atomic E-state index is -0.379. The Morgan fingerprint density at radius 3 is 2.33 bits per heavy atom. The highest BCUT2D eigenvalue weighted by Gasteiger charge is 2.47. The lowest BCUT2D eigenvalue weighted by molar-refractivity contribution is -0.142. The summed E-state index contributed by atoms with van der Waals surface area (Å²) in [6.45, 7) is -0.246. The van der Waals surface area contributed by atoms with E-state index < -0.39 is 0 Å². The van der Waals surface area contributed by atoms with Crippen LogP contribution in [-0.2, 0) is 14.4 Å². The summed E-state index contributed by atoms with van der Waals surface area (Å²) < 4.78 is 1.13. The van der Waals surface area contributed by atoms with Gasteiger partial charge in [0.05, 0.1) is 22.1 Å². The number of carbonyl (C=O) groups excluding carboxylic acids is 3. The maximum absolute atomic E-state index is 12.5. The number of thiazole rings is 1. The fraction of sp³-hybridized carbons (Fsp3) is 0.217. The van der Waals surface area contributed by atoms with Crippen LogP contribution in [0.1, 0.15) is 12.8 Å². The monoisotopic (exact) mass is 417 g/mol. The zero-order valence-corrected chi connectivity index (χ0v) is 16.9. The van der Waals surface area contributed by atoms with Crippen LogP contribution < -0.4 is 5.32 Å². The van der Waals surface area contributed by atoms with Crippen molar-refractivity contribution in [3.8, 4) is 10.6 Å². The Labute approximate surface area is 177 Å². The van der Waals surface area contributed by atoms with E-state index in [0.717, 1.165) is 25.7 Å². The molecular formula is C23H19N3O3S. The number of benzene rings is 2. The number of carbonyl (C=O) groups is 3. The van der Waals surface area contributed by atoms with Crippen molar-refractivity contribution in [3.05, 3.63) is 60.7 Å². The minimum absolute atomic E-state index is 0.240. The van der Waals surface area contributed by atoms with E-state index >= 15 is 0 Å². The molecule has 150 valence electrons. The van der Waals surface area contributed by atoms with Crippen molar-refractivity contribution >= 4 is 45.0 Å². The van der Waals surface area contributed by atoms with E-state index in [2.05, 4.69) is 10.3 Å². The lowest BCUT2D eigenvalue weighted by atomic mass is 9.85. The van der Waals surface area contributed by atoms with E-state index in [4.69, 9.17) is 0 Å². The van der Waals surface area contributed by atoms with Crippen molar-refractivity contribution < 1.29 is 14.4 Å². The highest BCUT2D eigenvalue weighted by Crippen LogP contribution is 2.35. The molecule has 3 aromatic rings. The normalized spacial score (nSPS) is 20.6. The highest BCUT2D eigenvalue weighted by atomic mass is 32.1. The second-order valence-corrected chi connectivity index (χ2v) is 8.56. The number of fused-ring (bicyclic) bond motifs is 2. The lowest BCUT2D eigenvalue weighted by Crippen LogP contribution is -2.38. The molecule has 5 rings (SSSR count). The molecule has 2 aliphatic rings. The van der Waals surface area contributed by atoms with Gasteiger partial charge in [-0.1, -0.05) is 24.3 Å². The third-order valence-corrected chi connectivity index (χ3v) is 6.70. The Hall–Kier alpha value is -3.32. The second kappa shape index (κ2) is 7.50. The number of imide groups is 1. The Balaban J connectivity index is 1.25.